The lowest BCUT2D eigenvalue weighted by molar-refractivity contribution is -0.384. The van der Waals surface area contributed by atoms with Crippen LogP contribution in [0.25, 0.3) is 0 Å². The zero-order valence-corrected chi connectivity index (χ0v) is 20.2. The number of carbonyl (C=O) groups is 4. The third-order valence-corrected chi connectivity index (χ3v) is 6.93. The second kappa shape index (κ2) is 9.22. The van der Waals surface area contributed by atoms with E-state index < -0.39 is 55.8 Å². The normalized spacial score (nSPS) is 18.8. The number of likely N-dealkylation sites (tertiary alicyclic amines) is 1. The van der Waals surface area contributed by atoms with E-state index in [1.165, 1.54) is 62.4 Å². The molecule has 0 saturated carbocycles. The zero-order chi connectivity index (χ0) is 27.2. The van der Waals surface area contributed by atoms with Gasteiger partial charge in [0.1, 0.15) is 12.3 Å². The summed E-state index contributed by atoms with van der Waals surface area (Å²) >= 11 is 0. The number of benzene rings is 2. The number of β-lactam (4-membered cyclic amide) rings is 1. The summed E-state index contributed by atoms with van der Waals surface area (Å²) in [5.41, 5.74) is -0.215. The molecule has 2 atom stereocenters. The molecule has 1 saturated heterocycles. The van der Waals surface area contributed by atoms with Gasteiger partial charge in [-0.25, -0.2) is 4.79 Å². The van der Waals surface area contributed by atoms with E-state index in [1.54, 1.807) is 0 Å². The fourth-order valence-electron chi connectivity index (χ4n) is 4.16. The highest BCUT2D eigenvalue weighted by Gasteiger charge is 2.63. The Balaban J connectivity index is 1.60. The molecule has 2 aromatic rings. The highest BCUT2D eigenvalue weighted by molar-refractivity contribution is 7.86. The predicted octanol–water partition coefficient (Wildman–Crippen LogP) is 1.65. The number of imide groups is 1. The Morgan fingerprint density at radius 2 is 1.57 bits per heavy atom. The number of esters is 1. The second-order valence-electron chi connectivity index (χ2n) is 8.43. The van der Waals surface area contributed by atoms with Gasteiger partial charge in [-0.2, -0.15) is 8.42 Å². The average molecular weight is 529 g/mol. The van der Waals surface area contributed by atoms with Crippen LogP contribution in [0.4, 0.5) is 5.69 Å². The average Bonchev–Trinajstić information content (AvgIpc) is 3.08. The summed E-state index contributed by atoms with van der Waals surface area (Å²) in [6, 6.07) is 8.86. The van der Waals surface area contributed by atoms with Gasteiger partial charge in [0, 0.05) is 12.1 Å². The number of nitro benzene ring substituents is 1. The number of carbonyl (C=O) groups excluding carboxylic acids is 4. The second-order valence-corrected chi connectivity index (χ2v) is 9.95. The molecule has 0 spiro atoms. The monoisotopic (exact) mass is 529 g/mol. The molecule has 0 radical (unpaired) electrons. The number of ether oxygens (including phenoxy) is 1. The Bertz CT molecular complexity index is 1460. The van der Waals surface area contributed by atoms with E-state index in [9.17, 15) is 42.3 Å². The predicted molar refractivity (Wildman–Crippen MR) is 124 cm³/mol. The van der Waals surface area contributed by atoms with Gasteiger partial charge in [-0.3, -0.25) is 38.9 Å². The van der Waals surface area contributed by atoms with Crippen molar-refractivity contribution in [1.82, 2.24) is 9.80 Å². The van der Waals surface area contributed by atoms with Gasteiger partial charge < -0.3 is 4.74 Å². The van der Waals surface area contributed by atoms with E-state index in [0.29, 0.717) is 15.4 Å². The molecule has 14 heteroatoms. The van der Waals surface area contributed by atoms with E-state index in [-0.39, 0.29) is 29.0 Å². The summed E-state index contributed by atoms with van der Waals surface area (Å²) in [6.45, 7) is 2.42. The molecule has 1 N–H and O–H groups in total. The highest BCUT2D eigenvalue weighted by Crippen LogP contribution is 2.38. The maximum Gasteiger partial charge on any atom is 0.355 e. The van der Waals surface area contributed by atoms with Crippen LogP contribution in [0.15, 0.2) is 59.8 Å². The number of allylic oxidation sites excluding steroid dienone is 1. The quantitative estimate of drug-likeness (QED) is 0.105. The van der Waals surface area contributed by atoms with Gasteiger partial charge in [0.25, 0.3) is 33.5 Å². The van der Waals surface area contributed by atoms with Crippen LogP contribution in [-0.2, 0) is 31.1 Å². The number of amides is 3. The van der Waals surface area contributed by atoms with Crippen LogP contribution in [0.3, 0.4) is 0 Å². The molecule has 37 heavy (non-hydrogen) atoms. The number of nitrogens with zero attached hydrogens (tertiary/aromatic N) is 3. The number of non-ortho nitro benzene ring substituents is 1. The lowest BCUT2D eigenvalue weighted by Gasteiger charge is -2.47. The number of hydrogen-bond donors (Lipinski definition) is 1. The first-order chi connectivity index (χ1) is 17.3. The lowest BCUT2D eigenvalue weighted by atomic mass is 10.0. The van der Waals surface area contributed by atoms with Crippen molar-refractivity contribution in [3.8, 4) is 0 Å². The van der Waals surface area contributed by atoms with Crippen LogP contribution in [-0.4, -0.2) is 62.8 Å². The topological polar surface area (TPSA) is 181 Å². The number of hydrogen-bond acceptors (Lipinski definition) is 9. The van der Waals surface area contributed by atoms with Crippen LogP contribution in [0, 0.1) is 10.1 Å². The van der Waals surface area contributed by atoms with Crippen molar-refractivity contribution in [3.63, 3.8) is 0 Å². The summed E-state index contributed by atoms with van der Waals surface area (Å²) in [5.74, 6) is -4.03. The maximum absolute atomic E-state index is 13.2. The fraction of sp³-hybridized carbons (Fsp3) is 0.217. The van der Waals surface area contributed by atoms with Crippen LogP contribution >= 0.6 is 0 Å². The molecule has 3 amide bonds. The van der Waals surface area contributed by atoms with Gasteiger partial charge in [0.05, 0.1) is 16.1 Å². The van der Waals surface area contributed by atoms with Crippen molar-refractivity contribution >= 4 is 39.5 Å². The molecule has 2 unspecified atom stereocenters. The fourth-order valence-corrected chi connectivity index (χ4v) is 5.20. The van der Waals surface area contributed by atoms with Gasteiger partial charge in [-0.15, -0.1) is 0 Å². The Kier molecular flexibility index (Phi) is 6.39. The van der Waals surface area contributed by atoms with Gasteiger partial charge >= 0.3 is 5.97 Å². The van der Waals surface area contributed by atoms with Crippen LogP contribution in [0.1, 0.15) is 40.1 Å². The molecule has 0 aromatic heterocycles. The third-order valence-electron chi connectivity index (χ3n) is 5.85. The maximum atomic E-state index is 13.2. The molecule has 1 fully saturated rings. The van der Waals surface area contributed by atoms with Crippen molar-refractivity contribution in [2.24, 2.45) is 0 Å². The van der Waals surface area contributed by atoms with Crippen molar-refractivity contribution in [2.75, 3.05) is 0 Å². The third kappa shape index (κ3) is 4.36. The molecule has 0 bridgehead atoms. The molecule has 0 aliphatic carbocycles. The Hall–Kier alpha value is -4.43. The Morgan fingerprint density at radius 1 is 1.03 bits per heavy atom. The molecular weight excluding hydrogens is 510 g/mol. The molecule has 2 aromatic carbocycles. The van der Waals surface area contributed by atoms with Crippen molar-refractivity contribution in [2.45, 2.75) is 31.9 Å². The van der Waals surface area contributed by atoms with E-state index in [1.807, 2.05) is 0 Å². The molecular formula is C23H19N3O10S. The zero-order valence-electron chi connectivity index (χ0n) is 19.4. The first-order valence-electron chi connectivity index (χ1n) is 10.7. The molecule has 2 aliphatic rings. The van der Waals surface area contributed by atoms with Gasteiger partial charge in [-0.05, 0) is 49.2 Å². The standard InChI is InChI=1S/C23H19N3O10S/c1-12(2)17(23(30)36-11-13-7-9-14(10-8-13)26(31)32)25-21(29)18(22(25)37(33,34)35)24-19(27)15-5-3-4-6-16(15)20(24)28/h3-10,18,22H,11H2,1-2H3,(H,33,34,35). The highest BCUT2D eigenvalue weighted by atomic mass is 32.2. The number of fused-ring (bicyclic) bond motifs is 1. The van der Waals surface area contributed by atoms with E-state index in [0.717, 1.165) is 0 Å². The van der Waals surface area contributed by atoms with E-state index >= 15 is 0 Å². The minimum absolute atomic E-state index is 0.0298. The summed E-state index contributed by atoms with van der Waals surface area (Å²) in [6.07, 6.45) is 0. The van der Waals surface area contributed by atoms with Gasteiger partial charge in [0.2, 0.25) is 0 Å². The molecule has 13 nitrogen and oxygen atoms in total. The smallest absolute Gasteiger partial charge is 0.355 e. The Morgan fingerprint density at radius 3 is 2.03 bits per heavy atom. The largest absolute Gasteiger partial charge is 0.456 e. The van der Waals surface area contributed by atoms with Crippen molar-refractivity contribution in [1.29, 1.82) is 0 Å². The SMILES string of the molecule is CC(C)=C(C(=O)OCc1ccc([N+](=O)[O-])cc1)N1C(=O)C(N2C(=O)c3ccccc3C2=O)C1S(=O)(=O)O. The van der Waals surface area contributed by atoms with Crippen LogP contribution < -0.4 is 0 Å². The Labute approximate surface area is 209 Å². The summed E-state index contributed by atoms with van der Waals surface area (Å²) in [7, 11) is -5.11. The first kappa shape index (κ1) is 25.7. The first-order valence-corrected chi connectivity index (χ1v) is 12.2. The van der Waals surface area contributed by atoms with Crippen LogP contribution in [0.5, 0.6) is 0 Å². The van der Waals surface area contributed by atoms with E-state index in [2.05, 4.69) is 0 Å². The number of nitro groups is 1. The summed E-state index contributed by atoms with van der Waals surface area (Å²) in [5, 5.41) is 8.65. The lowest BCUT2D eigenvalue weighted by Crippen LogP contribution is -2.73. The molecule has 2 heterocycles. The minimum Gasteiger partial charge on any atom is -0.456 e. The van der Waals surface area contributed by atoms with E-state index in [4.69, 9.17) is 4.74 Å². The van der Waals surface area contributed by atoms with Crippen molar-refractivity contribution in [3.05, 3.63) is 86.6 Å². The minimum atomic E-state index is -5.11. The van der Waals surface area contributed by atoms with Gasteiger partial charge in [0.15, 0.2) is 11.4 Å². The molecule has 2 aliphatic heterocycles. The van der Waals surface area contributed by atoms with Gasteiger partial charge in [-0.1, -0.05) is 12.1 Å². The molecule has 4 rings (SSSR count). The number of rotatable bonds is 7. The molecule has 192 valence electrons. The summed E-state index contributed by atoms with van der Waals surface area (Å²) in [4.78, 5) is 62.9. The van der Waals surface area contributed by atoms with Crippen molar-refractivity contribution < 1.29 is 41.8 Å². The summed E-state index contributed by atoms with van der Waals surface area (Å²) < 4.78 is 39.8. The van der Waals surface area contributed by atoms with Crippen LogP contribution in [0.2, 0.25) is 0 Å².